The van der Waals surface area contributed by atoms with Crippen LogP contribution in [0.4, 0.5) is 4.39 Å². The molecule has 0 bridgehead atoms. The van der Waals surface area contributed by atoms with Crippen LogP contribution in [0.3, 0.4) is 0 Å². The fourth-order valence-corrected chi connectivity index (χ4v) is 4.37. The maximum absolute atomic E-state index is 15.2. The summed E-state index contributed by atoms with van der Waals surface area (Å²) >= 11 is 0. The van der Waals surface area contributed by atoms with Gasteiger partial charge in [-0.2, -0.15) is 5.10 Å². The zero-order chi connectivity index (χ0) is 28.8. The largest absolute Gasteiger partial charge is 0.494 e. The number of carbonyl (C=O) groups is 1. The lowest BCUT2D eigenvalue weighted by Gasteiger charge is -2.13. The van der Waals surface area contributed by atoms with Gasteiger partial charge in [0.05, 0.1) is 38.1 Å². The van der Waals surface area contributed by atoms with Crippen LogP contribution in [-0.2, 0) is 31.0 Å². The highest BCUT2D eigenvalue weighted by Gasteiger charge is 2.20. The lowest BCUT2D eigenvalue weighted by Crippen LogP contribution is -2.25. The van der Waals surface area contributed by atoms with Crippen LogP contribution in [0.25, 0.3) is 5.69 Å². The average molecular weight is 559 g/mol. The number of methoxy groups -OCH3 is 2. The van der Waals surface area contributed by atoms with Gasteiger partial charge in [-0.25, -0.2) is 9.07 Å². The number of nitrogens with zero attached hydrogens (tertiary/aromatic N) is 7. The van der Waals surface area contributed by atoms with E-state index in [1.54, 1.807) is 33.8 Å². The van der Waals surface area contributed by atoms with E-state index in [0.29, 0.717) is 30.0 Å². The van der Waals surface area contributed by atoms with Gasteiger partial charge in [0, 0.05) is 37.7 Å². The molecule has 0 radical (unpaired) electrons. The number of hydrogen-bond acceptors (Lipinski definition) is 8. The minimum atomic E-state index is -0.630. The number of nitrogens with one attached hydrogen (secondary N) is 1. The van der Waals surface area contributed by atoms with Crippen LogP contribution in [0, 0.1) is 5.82 Å². The minimum Gasteiger partial charge on any atom is -0.494 e. The summed E-state index contributed by atoms with van der Waals surface area (Å²) in [5, 5.41) is 18.3. The van der Waals surface area contributed by atoms with Crippen molar-refractivity contribution >= 4 is 5.91 Å². The highest BCUT2D eigenvalue weighted by atomic mass is 19.1. The molecule has 3 aromatic heterocycles. The number of benzene rings is 2. The third-order valence-corrected chi connectivity index (χ3v) is 6.41. The van der Waals surface area contributed by atoms with Crippen LogP contribution in [0.2, 0.25) is 0 Å². The van der Waals surface area contributed by atoms with Gasteiger partial charge in [-0.05, 0) is 39.8 Å². The maximum atomic E-state index is 15.2. The van der Waals surface area contributed by atoms with Gasteiger partial charge in [-0.15, -0.1) is 5.10 Å². The second-order valence-corrected chi connectivity index (χ2v) is 9.12. The van der Waals surface area contributed by atoms with E-state index in [9.17, 15) is 9.59 Å². The summed E-state index contributed by atoms with van der Waals surface area (Å²) in [6.45, 7) is 0.834. The van der Waals surface area contributed by atoms with Crippen molar-refractivity contribution < 1.29 is 18.7 Å². The number of hydrogen-bond donors (Lipinski definition) is 1. The van der Waals surface area contributed by atoms with Gasteiger partial charge in [-0.1, -0.05) is 30.3 Å². The smallest absolute Gasteiger partial charge is 0.255 e. The molecule has 1 N–H and O–H groups in total. The van der Waals surface area contributed by atoms with Gasteiger partial charge in [0.15, 0.2) is 11.6 Å². The van der Waals surface area contributed by atoms with E-state index in [-0.39, 0.29) is 30.0 Å². The molecule has 0 aliphatic carbocycles. The summed E-state index contributed by atoms with van der Waals surface area (Å²) in [5.74, 6) is -1.05. The lowest BCUT2D eigenvalue weighted by atomic mass is 10.1. The van der Waals surface area contributed by atoms with Crippen LogP contribution in [-0.4, -0.2) is 54.7 Å². The Morgan fingerprint density at radius 2 is 1.80 bits per heavy atom. The van der Waals surface area contributed by atoms with Gasteiger partial charge >= 0.3 is 0 Å². The first kappa shape index (κ1) is 27.4. The van der Waals surface area contributed by atoms with E-state index in [1.807, 2.05) is 30.3 Å². The molecule has 0 saturated carbocycles. The Hall–Kier alpha value is -5.17. The Labute approximate surface area is 234 Å². The summed E-state index contributed by atoms with van der Waals surface area (Å²) in [5.41, 5.74) is 3.14. The second kappa shape index (κ2) is 12.3. The third kappa shape index (κ3) is 6.20. The summed E-state index contributed by atoms with van der Waals surface area (Å²) in [6.07, 6.45) is 4.71. The summed E-state index contributed by atoms with van der Waals surface area (Å²) in [4.78, 5) is 25.2. The van der Waals surface area contributed by atoms with Crippen LogP contribution < -0.4 is 15.6 Å². The molecule has 0 spiro atoms. The number of amides is 1. The Balaban J connectivity index is 1.31. The number of pyridine rings is 1. The third-order valence-electron chi connectivity index (χ3n) is 6.41. The zero-order valence-electron chi connectivity index (χ0n) is 22.4. The highest BCUT2D eigenvalue weighted by Crippen LogP contribution is 2.26. The van der Waals surface area contributed by atoms with Gasteiger partial charge in [0.2, 0.25) is 0 Å². The van der Waals surface area contributed by atoms with Crippen LogP contribution in [0.5, 0.6) is 5.75 Å². The van der Waals surface area contributed by atoms with Crippen molar-refractivity contribution in [1.29, 1.82) is 0 Å². The zero-order valence-corrected chi connectivity index (χ0v) is 22.4. The molecule has 0 atom stereocenters. The average Bonchev–Trinajstić information content (AvgIpc) is 3.65. The molecule has 1 amide bonds. The Bertz CT molecular complexity index is 1700. The van der Waals surface area contributed by atoms with Crippen molar-refractivity contribution in [3.05, 3.63) is 117 Å². The van der Waals surface area contributed by atoms with E-state index in [2.05, 4.69) is 25.9 Å². The summed E-state index contributed by atoms with van der Waals surface area (Å²) in [6, 6.07) is 15.9. The van der Waals surface area contributed by atoms with Gasteiger partial charge in [0.1, 0.15) is 12.0 Å². The molecule has 0 fully saturated rings. The van der Waals surface area contributed by atoms with E-state index in [4.69, 9.17) is 9.47 Å². The second-order valence-electron chi connectivity index (χ2n) is 9.12. The SMILES string of the molecule is COCc1nn(Cc2ccc(Cn3ccccc3=O)cc2)cc1C(=O)NCc1c(-n2cnnn2)ccc(OC)c1F. The Morgan fingerprint density at radius 1 is 1.02 bits per heavy atom. The topological polar surface area (TPSA) is 131 Å². The molecule has 0 aliphatic heterocycles. The lowest BCUT2D eigenvalue weighted by molar-refractivity contribution is 0.0945. The normalized spacial score (nSPS) is 11.0. The fraction of sp³-hybridized carbons (Fsp3) is 0.214. The van der Waals surface area contributed by atoms with Crippen molar-refractivity contribution in [2.75, 3.05) is 14.2 Å². The molecule has 5 aromatic rings. The minimum absolute atomic E-state index is 0.0285. The molecule has 0 aliphatic rings. The van der Waals surface area contributed by atoms with Gasteiger partial charge < -0.3 is 19.4 Å². The number of rotatable bonds is 11. The highest BCUT2D eigenvalue weighted by molar-refractivity contribution is 5.95. The summed E-state index contributed by atoms with van der Waals surface area (Å²) in [7, 11) is 2.88. The molecular formula is C28H27FN8O4. The molecular weight excluding hydrogens is 531 g/mol. The molecule has 0 unspecified atom stereocenters. The first-order chi connectivity index (χ1) is 20.0. The standard InChI is InChI=1S/C28H27FN8O4/c1-40-17-23-22(28(39)30-13-21-24(37-18-31-33-34-37)10-11-25(41-2)27(21)29)16-36(32-23)15-20-8-6-19(7-9-20)14-35-12-4-3-5-26(35)38/h3-12,16,18H,13-15,17H2,1-2H3,(H,30,39). The molecule has 3 heterocycles. The van der Waals surface area contributed by atoms with Crippen LogP contribution in [0.15, 0.2) is 78.1 Å². The number of aromatic nitrogens is 7. The van der Waals surface area contributed by atoms with Crippen molar-refractivity contribution in [2.45, 2.75) is 26.2 Å². The van der Waals surface area contributed by atoms with Crippen LogP contribution in [0.1, 0.15) is 32.7 Å². The van der Waals surface area contributed by atoms with E-state index in [0.717, 1.165) is 11.1 Å². The monoisotopic (exact) mass is 558 g/mol. The molecule has 41 heavy (non-hydrogen) atoms. The molecule has 13 heteroatoms. The molecule has 5 rings (SSSR count). The first-order valence-corrected chi connectivity index (χ1v) is 12.6. The van der Waals surface area contributed by atoms with Crippen molar-refractivity contribution in [3.63, 3.8) is 0 Å². The van der Waals surface area contributed by atoms with E-state index in [1.165, 1.54) is 37.4 Å². The van der Waals surface area contributed by atoms with Crippen molar-refractivity contribution in [1.82, 2.24) is 39.9 Å². The predicted octanol–water partition coefficient (Wildman–Crippen LogP) is 2.34. The molecule has 12 nitrogen and oxygen atoms in total. The first-order valence-electron chi connectivity index (χ1n) is 12.6. The quantitative estimate of drug-likeness (QED) is 0.261. The predicted molar refractivity (Wildman–Crippen MR) is 145 cm³/mol. The number of halogens is 1. The maximum Gasteiger partial charge on any atom is 0.255 e. The van der Waals surface area contributed by atoms with Crippen molar-refractivity contribution in [2.24, 2.45) is 0 Å². The van der Waals surface area contributed by atoms with Gasteiger partial charge in [0.25, 0.3) is 11.5 Å². The number of ether oxygens (including phenoxy) is 2. The van der Waals surface area contributed by atoms with E-state index < -0.39 is 11.7 Å². The molecule has 0 saturated heterocycles. The van der Waals surface area contributed by atoms with Crippen molar-refractivity contribution in [3.8, 4) is 11.4 Å². The number of tetrazole rings is 1. The fourth-order valence-electron chi connectivity index (χ4n) is 4.37. The summed E-state index contributed by atoms with van der Waals surface area (Å²) < 4.78 is 30.1. The Kier molecular flexibility index (Phi) is 8.25. The van der Waals surface area contributed by atoms with E-state index >= 15 is 4.39 Å². The van der Waals surface area contributed by atoms with Gasteiger partial charge in [-0.3, -0.25) is 14.3 Å². The Morgan fingerprint density at radius 3 is 2.49 bits per heavy atom. The molecule has 2 aromatic carbocycles. The molecule has 210 valence electrons. The number of carbonyl (C=O) groups excluding carboxylic acids is 1. The van der Waals surface area contributed by atoms with Crippen LogP contribution >= 0.6 is 0 Å².